The third-order valence-electron chi connectivity index (χ3n) is 5.05. The molecule has 5 heteroatoms. The lowest BCUT2D eigenvalue weighted by molar-refractivity contribution is 0.522. The zero-order valence-corrected chi connectivity index (χ0v) is 19.1. The Morgan fingerprint density at radius 3 is 1.42 bits per heavy atom. The predicted molar refractivity (Wildman–Crippen MR) is 115 cm³/mol. The third kappa shape index (κ3) is 3.33. The van der Waals surface area contributed by atoms with Gasteiger partial charge in [0.2, 0.25) is 5.62 Å². The quantitative estimate of drug-likeness (QED) is 0.573. The van der Waals surface area contributed by atoms with Gasteiger partial charge >= 0.3 is 0 Å². The maximum Gasteiger partial charge on any atom is 0.211 e. The number of rotatable bonds is 3. The van der Waals surface area contributed by atoms with E-state index in [0.29, 0.717) is 0 Å². The third-order valence-corrected chi connectivity index (χ3v) is 9.41. The lowest BCUT2D eigenvalue weighted by Gasteiger charge is -2.41. The molecule has 0 saturated carbocycles. The number of nitrogens with one attached hydrogen (secondary N) is 1. The molecule has 0 radical (unpaired) electrons. The highest BCUT2D eigenvalue weighted by Gasteiger charge is 2.42. The topological polar surface area (TPSA) is 46.1 Å². The first kappa shape index (κ1) is 21.0. The molecule has 0 amide bonds. The lowest BCUT2D eigenvalue weighted by atomic mass is 10.2. The van der Waals surface area contributed by atoms with Gasteiger partial charge in [0.15, 0.2) is 0 Å². The second-order valence-corrected chi connectivity index (χ2v) is 13.9. The molecular weight excluding hydrogens is 339 g/mol. The first-order valence-corrected chi connectivity index (χ1v) is 11.4. The molecule has 0 unspecified atom stereocenters. The molecule has 1 N–H and O–H groups in total. The van der Waals surface area contributed by atoms with Crippen molar-refractivity contribution >= 4 is 18.2 Å². The smallest absolute Gasteiger partial charge is 0.211 e. The van der Waals surface area contributed by atoms with Crippen molar-refractivity contribution < 1.29 is 0 Å². The molecule has 0 aliphatic rings. The van der Waals surface area contributed by atoms with Crippen LogP contribution in [0.5, 0.6) is 0 Å². The normalized spacial score (nSPS) is 13.8. The average Bonchev–Trinajstić information content (AvgIpc) is 2.78. The molecule has 26 heavy (non-hydrogen) atoms. The molecule has 0 aliphatic carbocycles. The van der Waals surface area contributed by atoms with Crippen molar-refractivity contribution in [3.05, 3.63) is 29.9 Å². The van der Waals surface area contributed by atoms with Crippen molar-refractivity contribution in [2.75, 3.05) is 0 Å². The molecule has 4 nitrogen and oxygen atoms in total. The summed E-state index contributed by atoms with van der Waals surface area (Å²) in [5.74, 6) is 0. The molecule has 1 aromatic heterocycles. The van der Waals surface area contributed by atoms with Crippen molar-refractivity contribution in [3.8, 4) is 0 Å². The van der Waals surface area contributed by atoms with Crippen LogP contribution in [0, 0.1) is 5.16 Å². The summed E-state index contributed by atoms with van der Waals surface area (Å²) >= 11 is 0. The Balaban J connectivity index is 3.10. The highest BCUT2D eigenvalue weighted by atomic mass is 31.2. The summed E-state index contributed by atoms with van der Waals surface area (Å²) in [5, 5.41) is 9.16. The second-order valence-electron chi connectivity index (χ2n) is 9.79. The van der Waals surface area contributed by atoms with E-state index < -0.39 is 7.21 Å². The Morgan fingerprint density at radius 2 is 1.15 bits per heavy atom. The van der Waals surface area contributed by atoms with Crippen LogP contribution >= 0.6 is 7.21 Å². The van der Waals surface area contributed by atoms with Crippen LogP contribution in [0.3, 0.4) is 0 Å². The van der Waals surface area contributed by atoms with Gasteiger partial charge in [0.1, 0.15) is 0 Å². The second kappa shape index (κ2) is 6.71. The Kier molecular flexibility index (Phi) is 5.43. The Labute approximate surface area is 159 Å². The molecule has 0 bridgehead atoms. The van der Waals surface area contributed by atoms with Crippen LogP contribution in [-0.2, 0) is 0 Å². The van der Waals surface area contributed by atoms with Gasteiger partial charge in [0.05, 0.1) is 18.2 Å². The van der Waals surface area contributed by atoms with E-state index in [1.165, 1.54) is 11.0 Å². The molecule has 0 aliphatic heterocycles. The van der Waals surface area contributed by atoms with Crippen LogP contribution in [0.25, 0.3) is 11.0 Å². The highest BCUT2D eigenvalue weighted by Crippen LogP contribution is 2.68. The van der Waals surface area contributed by atoms with Crippen LogP contribution in [-0.4, -0.2) is 19.4 Å². The minimum absolute atomic E-state index is 0.182. The fourth-order valence-corrected chi connectivity index (χ4v) is 6.83. The first-order chi connectivity index (χ1) is 11.7. The van der Waals surface area contributed by atoms with E-state index in [0.717, 1.165) is 5.62 Å². The van der Waals surface area contributed by atoms with E-state index >= 15 is 0 Å². The largest absolute Gasteiger partial charge is 0.307 e. The number of aromatic nitrogens is 2. The van der Waals surface area contributed by atoms with Crippen molar-refractivity contribution in [2.45, 2.75) is 91.6 Å². The van der Waals surface area contributed by atoms with Gasteiger partial charge in [-0.3, -0.25) is 5.16 Å². The lowest BCUT2D eigenvalue weighted by Crippen LogP contribution is -2.33. The fourth-order valence-electron chi connectivity index (χ4n) is 3.76. The number of nitrogens with zero attached hydrogens (tertiary/aromatic N) is 3. The summed E-state index contributed by atoms with van der Waals surface area (Å²) in [6.07, 6.45) is 0. The van der Waals surface area contributed by atoms with Crippen LogP contribution in [0.15, 0.2) is 29.0 Å². The minimum atomic E-state index is -2.41. The number of hydrogen-bond acceptors (Lipinski definition) is 1. The average molecular weight is 377 g/mol. The highest BCUT2D eigenvalue weighted by molar-refractivity contribution is 7.66. The zero-order valence-electron chi connectivity index (χ0n) is 18.3. The van der Waals surface area contributed by atoms with Gasteiger partial charge in [0, 0.05) is 22.4 Å². The summed E-state index contributed by atoms with van der Waals surface area (Å²) in [5.41, 5.74) is 3.35. The molecule has 0 fully saturated rings. The number of hydrogen-bond donors (Lipinski definition) is 1. The minimum Gasteiger partial charge on any atom is -0.307 e. The molecule has 1 aromatic carbocycles. The van der Waals surface area contributed by atoms with E-state index in [2.05, 4.69) is 103 Å². The van der Waals surface area contributed by atoms with E-state index in [1.54, 1.807) is 0 Å². The van der Waals surface area contributed by atoms with Gasteiger partial charge in [-0.05, 0) is 39.8 Å². The van der Waals surface area contributed by atoms with Crippen LogP contribution in [0.2, 0.25) is 0 Å². The van der Waals surface area contributed by atoms with Crippen LogP contribution in [0.1, 0.15) is 81.3 Å². The zero-order chi connectivity index (χ0) is 20.1. The van der Waals surface area contributed by atoms with Gasteiger partial charge in [-0.25, -0.2) is 4.76 Å². The van der Waals surface area contributed by atoms with Gasteiger partial charge in [-0.2, -0.15) is 0 Å². The standard InChI is InChI=1S/C21H37N4P/c1-15(2)24-17-13-11-12-14-18(17)25(16(3)4)19(24)23-26(22,20(5,6)7)21(8,9)10/h11-16,22H,1-10H3. The maximum atomic E-state index is 9.53. The molecule has 146 valence electrons. The summed E-state index contributed by atoms with van der Waals surface area (Å²) in [7, 11) is -2.41. The summed E-state index contributed by atoms with van der Waals surface area (Å²) in [6.45, 7) is 21.8. The van der Waals surface area contributed by atoms with E-state index in [-0.39, 0.29) is 22.4 Å². The van der Waals surface area contributed by atoms with Crippen molar-refractivity contribution in [2.24, 2.45) is 4.76 Å². The molecule has 0 atom stereocenters. The fraction of sp³-hybridized carbons (Fsp3) is 0.667. The summed E-state index contributed by atoms with van der Waals surface area (Å²) in [6, 6.07) is 9.09. The van der Waals surface area contributed by atoms with Crippen molar-refractivity contribution in [1.29, 1.82) is 5.16 Å². The monoisotopic (exact) mass is 376 g/mol. The van der Waals surface area contributed by atoms with E-state index in [9.17, 15) is 5.16 Å². The van der Waals surface area contributed by atoms with Gasteiger partial charge in [-0.15, -0.1) is 0 Å². The van der Waals surface area contributed by atoms with Gasteiger partial charge in [0.25, 0.3) is 0 Å². The van der Waals surface area contributed by atoms with Crippen molar-refractivity contribution in [3.63, 3.8) is 0 Å². The predicted octanol–water partition coefficient (Wildman–Crippen LogP) is 6.80. The Morgan fingerprint density at radius 1 is 0.808 bits per heavy atom. The molecule has 1 heterocycles. The number of fused-ring (bicyclic) bond motifs is 1. The SMILES string of the molecule is CC(C)n1c(=NP(=N)(C(C)(C)C)C(C)(C)C)n(C(C)C)c2ccccc21. The number of imidazole rings is 1. The molecular formula is C21H37N4P. The Bertz CT molecular complexity index is 833. The van der Waals surface area contributed by atoms with Crippen LogP contribution < -0.4 is 5.62 Å². The summed E-state index contributed by atoms with van der Waals surface area (Å²) < 4.78 is 9.95. The van der Waals surface area contributed by atoms with Gasteiger partial charge < -0.3 is 9.13 Å². The van der Waals surface area contributed by atoms with Crippen molar-refractivity contribution in [1.82, 2.24) is 9.13 Å². The van der Waals surface area contributed by atoms with Crippen LogP contribution in [0.4, 0.5) is 0 Å². The molecule has 2 rings (SSSR count). The summed E-state index contributed by atoms with van der Waals surface area (Å²) in [4.78, 5) is 0. The molecule has 0 spiro atoms. The molecule has 0 saturated heterocycles. The van der Waals surface area contributed by atoms with E-state index in [1.807, 2.05) is 0 Å². The van der Waals surface area contributed by atoms with E-state index in [4.69, 9.17) is 4.76 Å². The van der Waals surface area contributed by atoms with Gasteiger partial charge in [-0.1, -0.05) is 53.7 Å². The Hall–Kier alpha value is -1.28. The maximum absolute atomic E-state index is 9.53. The molecule has 2 aromatic rings. The number of para-hydroxylation sites is 2. The first-order valence-electron chi connectivity index (χ1n) is 9.64. The number of benzene rings is 1.